The first-order valence-electron chi connectivity index (χ1n) is 6.30. The van der Waals surface area contributed by atoms with E-state index in [1.54, 1.807) is 0 Å². The number of ether oxygens (including phenoxy) is 1. The quantitative estimate of drug-likeness (QED) is 0.647. The van der Waals surface area contributed by atoms with Crippen LogP contribution in [0.15, 0.2) is 0 Å². The summed E-state index contributed by atoms with van der Waals surface area (Å²) in [5.74, 6) is 0.843. The Morgan fingerprint density at radius 2 is 2.27 bits per heavy atom. The van der Waals surface area contributed by atoms with Gasteiger partial charge >= 0.3 is 0 Å². The van der Waals surface area contributed by atoms with Gasteiger partial charge < -0.3 is 15.0 Å². The highest BCUT2D eigenvalue weighted by Gasteiger charge is 2.14. The van der Waals surface area contributed by atoms with Crippen molar-refractivity contribution in [1.29, 1.82) is 0 Å². The minimum Gasteiger partial charge on any atom is -0.380 e. The molecule has 3 heteroatoms. The van der Waals surface area contributed by atoms with E-state index in [0.29, 0.717) is 0 Å². The third-order valence-electron chi connectivity index (χ3n) is 2.93. The molecular formula is C12H26N2O. The second-order valence-corrected chi connectivity index (χ2v) is 4.59. The van der Waals surface area contributed by atoms with E-state index in [2.05, 4.69) is 24.2 Å². The van der Waals surface area contributed by atoms with Crippen molar-refractivity contribution in [1.82, 2.24) is 10.2 Å². The molecule has 3 nitrogen and oxygen atoms in total. The van der Waals surface area contributed by atoms with Crippen LogP contribution in [0.4, 0.5) is 0 Å². The van der Waals surface area contributed by atoms with E-state index in [1.807, 2.05) is 0 Å². The van der Waals surface area contributed by atoms with Crippen molar-refractivity contribution in [2.45, 2.75) is 26.2 Å². The van der Waals surface area contributed by atoms with Gasteiger partial charge in [-0.2, -0.15) is 0 Å². The van der Waals surface area contributed by atoms with E-state index in [1.165, 1.54) is 32.5 Å². The number of hydrogen-bond acceptors (Lipinski definition) is 3. The van der Waals surface area contributed by atoms with Crippen LogP contribution in [0, 0.1) is 5.92 Å². The predicted octanol–water partition coefficient (Wildman–Crippen LogP) is 1.34. The maximum atomic E-state index is 5.49. The molecule has 0 aromatic heterocycles. The summed E-state index contributed by atoms with van der Waals surface area (Å²) in [6.07, 6.45) is 3.84. The Labute approximate surface area is 94.2 Å². The van der Waals surface area contributed by atoms with Gasteiger partial charge in [-0.05, 0) is 45.3 Å². The zero-order chi connectivity index (χ0) is 10.9. The molecule has 1 heterocycles. The van der Waals surface area contributed by atoms with Crippen molar-refractivity contribution in [3.63, 3.8) is 0 Å². The highest BCUT2D eigenvalue weighted by atomic mass is 16.5. The monoisotopic (exact) mass is 214 g/mol. The van der Waals surface area contributed by atoms with Crippen molar-refractivity contribution in [2.24, 2.45) is 5.92 Å². The molecule has 1 aliphatic heterocycles. The molecule has 0 spiro atoms. The second kappa shape index (κ2) is 8.08. The van der Waals surface area contributed by atoms with Crippen molar-refractivity contribution < 1.29 is 4.74 Å². The van der Waals surface area contributed by atoms with Crippen molar-refractivity contribution in [3.8, 4) is 0 Å². The fraction of sp³-hybridized carbons (Fsp3) is 1.00. The SMILES string of the molecule is CCCOCCN(C)CC1CCCNC1. The molecular weight excluding hydrogens is 188 g/mol. The van der Waals surface area contributed by atoms with Crippen LogP contribution in [0.2, 0.25) is 0 Å². The third-order valence-corrected chi connectivity index (χ3v) is 2.93. The van der Waals surface area contributed by atoms with E-state index in [-0.39, 0.29) is 0 Å². The molecule has 0 aliphatic carbocycles. The number of rotatable bonds is 7. The highest BCUT2D eigenvalue weighted by Crippen LogP contribution is 2.10. The summed E-state index contributed by atoms with van der Waals surface area (Å²) in [4.78, 5) is 2.40. The van der Waals surface area contributed by atoms with Crippen LogP contribution in [0.3, 0.4) is 0 Å². The van der Waals surface area contributed by atoms with E-state index in [4.69, 9.17) is 4.74 Å². The van der Waals surface area contributed by atoms with Crippen LogP contribution in [0.1, 0.15) is 26.2 Å². The number of nitrogens with one attached hydrogen (secondary N) is 1. The van der Waals surface area contributed by atoms with Crippen LogP contribution in [0.25, 0.3) is 0 Å². The molecule has 1 atom stereocenters. The topological polar surface area (TPSA) is 24.5 Å². The zero-order valence-corrected chi connectivity index (χ0v) is 10.3. The standard InChI is InChI=1S/C12H26N2O/c1-3-8-15-9-7-14(2)11-12-5-4-6-13-10-12/h12-13H,3-11H2,1-2H3. The minimum absolute atomic E-state index is 0.843. The molecule has 90 valence electrons. The van der Waals surface area contributed by atoms with Gasteiger partial charge in [0, 0.05) is 19.7 Å². The molecule has 1 aliphatic rings. The zero-order valence-electron chi connectivity index (χ0n) is 10.3. The van der Waals surface area contributed by atoms with Crippen molar-refractivity contribution in [3.05, 3.63) is 0 Å². The summed E-state index contributed by atoms with van der Waals surface area (Å²) in [6, 6.07) is 0. The first-order chi connectivity index (χ1) is 7.33. The number of hydrogen-bond donors (Lipinski definition) is 1. The normalized spacial score (nSPS) is 22.2. The maximum Gasteiger partial charge on any atom is 0.0593 e. The van der Waals surface area contributed by atoms with Gasteiger partial charge in [-0.3, -0.25) is 0 Å². The molecule has 0 saturated carbocycles. The van der Waals surface area contributed by atoms with Crippen molar-refractivity contribution >= 4 is 0 Å². The Balaban J connectivity index is 1.98. The Bertz CT molecular complexity index is 147. The van der Waals surface area contributed by atoms with E-state index in [0.717, 1.165) is 32.1 Å². The molecule has 15 heavy (non-hydrogen) atoms. The van der Waals surface area contributed by atoms with Gasteiger partial charge in [-0.1, -0.05) is 6.92 Å². The first-order valence-corrected chi connectivity index (χ1v) is 6.30. The fourth-order valence-corrected chi connectivity index (χ4v) is 2.08. The lowest BCUT2D eigenvalue weighted by Crippen LogP contribution is -2.37. The Morgan fingerprint density at radius 1 is 1.40 bits per heavy atom. The summed E-state index contributed by atoms with van der Waals surface area (Å²) in [7, 11) is 2.20. The lowest BCUT2D eigenvalue weighted by Gasteiger charge is -2.27. The molecule has 1 saturated heterocycles. The highest BCUT2D eigenvalue weighted by molar-refractivity contribution is 4.71. The van der Waals surface area contributed by atoms with Gasteiger partial charge in [-0.15, -0.1) is 0 Å². The smallest absolute Gasteiger partial charge is 0.0593 e. The molecule has 1 unspecified atom stereocenters. The fourth-order valence-electron chi connectivity index (χ4n) is 2.08. The van der Waals surface area contributed by atoms with Crippen molar-refractivity contribution in [2.75, 3.05) is 46.4 Å². The molecule has 0 bridgehead atoms. The lowest BCUT2D eigenvalue weighted by atomic mass is 9.99. The number of nitrogens with zero attached hydrogens (tertiary/aromatic N) is 1. The summed E-state index contributed by atoms with van der Waals surface area (Å²) in [5, 5.41) is 3.46. The van der Waals surface area contributed by atoms with Gasteiger partial charge in [-0.25, -0.2) is 0 Å². The lowest BCUT2D eigenvalue weighted by molar-refractivity contribution is 0.105. The first kappa shape index (κ1) is 12.9. The van der Waals surface area contributed by atoms with Crippen LogP contribution < -0.4 is 5.32 Å². The minimum atomic E-state index is 0.843. The van der Waals surface area contributed by atoms with Gasteiger partial charge in [0.2, 0.25) is 0 Å². The number of piperidine rings is 1. The number of likely N-dealkylation sites (N-methyl/N-ethyl adjacent to an activating group) is 1. The average molecular weight is 214 g/mol. The molecule has 0 aromatic rings. The average Bonchev–Trinajstić information content (AvgIpc) is 2.26. The van der Waals surface area contributed by atoms with E-state index in [9.17, 15) is 0 Å². The van der Waals surface area contributed by atoms with Gasteiger partial charge in [0.1, 0.15) is 0 Å². The van der Waals surface area contributed by atoms with Gasteiger partial charge in [0.05, 0.1) is 6.61 Å². The summed E-state index contributed by atoms with van der Waals surface area (Å²) >= 11 is 0. The van der Waals surface area contributed by atoms with E-state index < -0.39 is 0 Å². The summed E-state index contributed by atoms with van der Waals surface area (Å²) in [5.41, 5.74) is 0. The van der Waals surface area contributed by atoms with Crippen LogP contribution in [0.5, 0.6) is 0 Å². The van der Waals surface area contributed by atoms with E-state index >= 15 is 0 Å². The maximum absolute atomic E-state index is 5.49. The second-order valence-electron chi connectivity index (χ2n) is 4.59. The Hall–Kier alpha value is -0.120. The molecule has 1 fully saturated rings. The molecule has 0 aromatic carbocycles. The van der Waals surface area contributed by atoms with Crippen LogP contribution in [-0.2, 0) is 4.74 Å². The third kappa shape index (κ3) is 6.13. The summed E-state index contributed by atoms with van der Waals surface area (Å²) < 4.78 is 5.49. The molecule has 0 amide bonds. The van der Waals surface area contributed by atoms with Crippen LogP contribution in [-0.4, -0.2) is 51.3 Å². The Morgan fingerprint density at radius 3 is 2.93 bits per heavy atom. The Kier molecular flexibility index (Phi) is 6.98. The molecule has 1 N–H and O–H groups in total. The molecule has 0 radical (unpaired) electrons. The molecule has 1 rings (SSSR count). The van der Waals surface area contributed by atoms with Gasteiger partial charge in [0.15, 0.2) is 0 Å². The van der Waals surface area contributed by atoms with Crippen LogP contribution >= 0.6 is 0 Å². The van der Waals surface area contributed by atoms with Gasteiger partial charge in [0.25, 0.3) is 0 Å². The largest absolute Gasteiger partial charge is 0.380 e. The summed E-state index contributed by atoms with van der Waals surface area (Å²) in [6.45, 7) is 8.61. The predicted molar refractivity (Wildman–Crippen MR) is 64.2 cm³/mol.